The monoisotopic (exact) mass is 433 g/mol. The van der Waals surface area contributed by atoms with Crippen molar-refractivity contribution in [3.63, 3.8) is 0 Å². The lowest BCUT2D eigenvalue weighted by molar-refractivity contribution is 0.0322. The number of hydrogen-bond acceptors (Lipinski definition) is 6. The molecule has 1 aliphatic heterocycles. The van der Waals surface area contributed by atoms with Crippen molar-refractivity contribution in [1.29, 1.82) is 5.26 Å². The Balaban J connectivity index is 1.35. The number of furan rings is 1. The van der Waals surface area contributed by atoms with E-state index in [1.807, 2.05) is 36.4 Å². The second-order valence-electron chi connectivity index (χ2n) is 7.72. The van der Waals surface area contributed by atoms with Gasteiger partial charge < -0.3 is 18.8 Å². The lowest BCUT2D eigenvalue weighted by Gasteiger charge is -2.29. The summed E-state index contributed by atoms with van der Waals surface area (Å²) in [6, 6.07) is 19.6. The summed E-state index contributed by atoms with van der Waals surface area (Å²) in [4.78, 5) is 16.9. The van der Waals surface area contributed by atoms with E-state index in [1.165, 1.54) is 0 Å². The Bertz CT molecular complexity index is 1080. The molecule has 2 aromatic carbocycles. The van der Waals surface area contributed by atoms with Gasteiger partial charge in [-0.15, -0.1) is 0 Å². The first kappa shape index (κ1) is 21.9. The first-order valence-electron chi connectivity index (χ1n) is 10.9. The van der Waals surface area contributed by atoms with Crippen LogP contribution in [0.4, 0.5) is 0 Å². The van der Waals surface area contributed by atoms with Crippen LogP contribution in [0, 0.1) is 11.3 Å². The Morgan fingerprint density at radius 1 is 1.06 bits per heavy atom. The number of hydrogen-bond donors (Lipinski definition) is 0. The van der Waals surface area contributed by atoms with Gasteiger partial charge in [0.05, 0.1) is 25.7 Å². The maximum Gasteiger partial charge on any atom is 0.289 e. The van der Waals surface area contributed by atoms with Crippen LogP contribution in [0.1, 0.15) is 22.7 Å². The second kappa shape index (κ2) is 10.8. The number of rotatable bonds is 9. The molecule has 0 saturated carbocycles. The van der Waals surface area contributed by atoms with Crippen LogP contribution in [-0.2, 0) is 11.3 Å². The van der Waals surface area contributed by atoms with E-state index >= 15 is 0 Å². The molecule has 7 nitrogen and oxygen atoms in total. The van der Waals surface area contributed by atoms with E-state index in [9.17, 15) is 4.79 Å². The highest BCUT2D eigenvalue weighted by Gasteiger charge is 2.21. The topological polar surface area (TPSA) is 78.9 Å². The molecule has 166 valence electrons. The van der Waals surface area contributed by atoms with Crippen LogP contribution in [0.3, 0.4) is 0 Å². The molecule has 0 N–H and O–H groups in total. The first-order chi connectivity index (χ1) is 15.7. The van der Waals surface area contributed by atoms with Crippen LogP contribution in [0.2, 0.25) is 0 Å². The zero-order chi connectivity index (χ0) is 22.2. The lowest BCUT2D eigenvalue weighted by atomic mass is 10.1. The van der Waals surface area contributed by atoms with E-state index in [4.69, 9.17) is 19.2 Å². The predicted molar refractivity (Wildman–Crippen MR) is 120 cm³/mol. The highest BCUT2D eigenvalue weighted by molar-refractivity contribution is 5.91. The van der Waals surface area contributed by atoms with Gasteiger partial charge in [0.15, 0.2) is 5.76 Å². The zero-order valence-electron chi connectivity index (χ0n) is 18.0. The molecule has 4 rings (SSSR count). The van der Waals surface area contributed by atoms with Gasteiger partial charge in [-0.3, -0.25) is 9.69 Å². The second-order valence-corrected chi connectivity index (χ2v) is 7.72. The number of benzene rings is 2. The van der Waals surface area contributed by atoms with Crippen molar-refractivity contribution in [2.45, 2.75) is 13.0 Å². The smallest absolute Gasteiger partial charge is 0.289 e. The molecule has 7 heteroatoms. The highest BCUT2D eigenvalue weighted by Crippen LogP contribution is 2.22. The normalized spacial score (nSPS) is 14.2. The Morgan fingerprint density at radius 3 is 2.69 bits per heavy atom. The van der Waals surface area contributed by atoms with Crippen LogP contribution in [0.25, 0.3) is 10.8 Å². The van der Waals surface area contributed by atoms with Crippen LogP contribution >= 0.6 is 0 Å². The number of nitriles is 1. The summed E-state index contributed by atoms with van der Waals surface area (Å²) in [5.41, 5.74) is 0. The minimum Gasteiger partial charge on any atom is -0.486 e. The molecule has 3 aromatic rings. The third-order valence-electron chi connectivity index (χ3n) is 5.55. The summed E-state index contributed by atoms with van der Waals surface area (Å²) in [6.45, 7) is 5.05. The zero-order valence-corrected chi connectivity index (χ0v) is 18.0. The van der Waals surface area contributed by atoms with Gasteiger partial charge in [-0.1, -0.05) is 30.3 Å². The van der Waals surface area contributed by atoms with Gasteiger partial charge in [-0.2, -0.15) is 5.26 Å². The highest BCUT2D eigenvalue weighted by atomic mass is 16.5. The average Bonchev–Trinajstić information content (AvgIpc) is 3.32. The van der Waals surface area contributed by atoms with Crippen LogP contribution in [-0.4, -0.2) is 61.6 Å². The third-order valence-corrected chi connectivity index (χ3v) is 5.55. The molecule has 0 spiro atoms. The molecule has 32 heavy (non-hydrogen) atoms. The number of nitrogens with zero attached hydrogens (tertiary/aromatic N) is 3. The van der Waals surface area contributed by atoms with Gasteiger partial charge in [-0.05, 0) is 35.0 Å². The fourth-order valence-electron chi connectivity index (χ4n) is 3.72. The van der Waals surface area contributed by atoms with E-state index in [0.29, 0.717) is 32.1 Å². The summed E-state index contributed by atoms with van der Waals surface area (Å²) < 4.78 is 17.0. The molecular formula is C25H27N3O4. The van der Waals surface area contributed by atoms with Crippen molar-refractivity contribution in [3.8, 4) is 11.8 Å². The quantitative estimate of drug-likeness (QED) is 0.512. The molecule has 0 aliphatic carbocycles. The lowest BCUT2D eigenvalue weighted by Crippen LogP contribution is -2.43. The average molecular weight is 434 g/mol. The molecule has 0 bridgehead atoms. The molecule has 0 atom stereocenters. The van der Waals surface area contributed by atoms with Crippen LogP contribution in [0.5, 0.6) is 5.75 Å². The molecule has 1 fully saturated rings. The van der Waals surface area contributed by atoms with E-state index in [1.54, 1.807) is 17.0 Å². The molecule has 1 aliphatic rings. The largest absolute Gasteiger partial charge is 0.486 e. The number of fused-ring (bicyclic) bond motifs is 1. The van der Waals surface area contributed by atoms with Gasteiger partial charge in [0, 0.05) is 32.7 Å². The summed E-state index contributed by atoms with van der Waals surface area (Å²) in [6.07, 6.45) is 0.285. The number of morpholine rings is 1. The minimum atomic E-state index is -0.203. The maximum atomic E-state index is 13.0. The SMILES string of the molecule is N#CCCN(CCN1CCOCC1)C(=O)c1ccc(COc2ccc3ccccc3c2)o1. The summed E-state index contributed by atoms with van der Waals surface area (Å²) in [5.74, 6) is 1.39. The summed E-state index contributed by atoms with van der Waals surface area (Å²) >= 11 is 0. The maximum absolute atomic E-state index is 13.0. The summed E-state index contributed by atoms with van der Waals surface area (Å²) in [5, 5.41) is 11.2. The Labute approximate surface area is 187 Å². The Kier molecular flexibility index (Phi) is 7.38. The van der Waals surface area contributed by atoms with E-state index in [0.717, 1.165) is 36.2 Å². The van der Waals surface area contributed by atoms with Gasteiger partial charge >= 0.3 is 0 Å². The molecule has 1 amide bonds. The Morgan fingerprint density at radius 2 is 1.88 bits per heavy atom. The number of carbonyl (C=O) groups is 1. The Hall–Kier alpha value is -3.34. The molecule has 0 unspecified atom stereocenters. The van der Waals surface area contributed by atoms with Gasteiger partial charge in [0.2, 0.25) is 0 Å². The molecule has 0 radical (unpaired) electrons. The fourth-order valence-corrected chi connectivity index (χ4v) is 3.72. The third kappa shape index (κ3) is 5.67. The number of ether oxygens (including phenoxy) is 2. The predicted octanol–water partition coefficient (Wildman–Crippen LogP) is 3.70. The number of amides is 1. The summed E-state index contributed by atoms with van der Waals surface area (Å²) in [7, 11) is 0. The van der Waals surface area contributed by atoms with Crippen LogP contribution < -0.4 is 4.74 Å². The standard InChI is InChI=1S/C25H27N3O4/c26-10-3-11-28(13-12-27-14-16-30-17-15-27)25(29)24-9-8-23(32-24)19-31-22-7-6-20-4-1-2-5-21(20)18-22/h1-2,4-9,18H,3,11-17,19H2. The molecule has 1 aromatic heterocycles. The molecular weight excluding hydrogens is 406 g/mol. The van der Waals surface area contributed by atoms with E-state index in [-0.39, 0.29) is 24.7 Å². The van der Waals surface area contributed by atoms with Crippen molar-refractivity contribution in [2.75, 3.05) is 45.9 Å². The van der Waals surface area contributed by atoms with Gasteiger partial charge in [0.1, 0.15) is 18.1 Å². The fraction of sp³-hybridized carbons (Fsp3) is 0.360. The van der Waals surface area contributed by atoms with Crippen molar-refractivity contribution in [1.82, 2.24) is 9.80 Å². The van der Waals surface area contributed by atoms with Crippen molar-refractivity contribution in [2.24, 2.45) is 0 Å². The molecule has 1 saturated heterocycles. The van der Waals surface area contributed by atoms with E-state index in [2.05, 4.69) is 17.0 Å². The van der Waals surface area contributed by atoms with Crippen molar-refractivity contribution < 1.29 is 18.7 Å². The number of carbonyl (C=O) groups excluding carboxylic acids is 1. The van der Waals surface area contributed by atoms with Crippen LogP contribution in [0.15, 0.2) is 59.0 Å². The van der Waals surface area contributed by atoms with Crippen molar-refractivity contribution in [3.05, 3.63) is 66.1 Å². The van der Waals surface area contributed by atoms with E-state index < -0.39 is 0 Å². The van der Waals surface area contributed by atoms with Crippen molar-refractivity contribution >= 4 is 16.7 Å². The molecule has 2 heterocycles. The van der Waals surface area contributed by atoms with Gasteiger partial charge in [0.25, 0.3) is 5.91 Å². The minimum absolute atomic E-state index is 0.203. The van der Waals surface area contributed by atoms with Gasteiger partial charge in [-0.25, -0.2) is 0 Å². The first-order valence-corrected chi connectivity index (χ1v) is 10.9.